The summed E-state index contributed by atoms with van der Waals surface area (Å²) in [5.41, 5.74) is 16.2. The van der Waals surface area contributed by atoms with Crippen LogP contribution in [-0.2, 0) is 12.8 Å². The van der Waals surface area contributed by atoms with Crippen molar-refractivity contribution in [1.82, 2.24) is 95.5 Å². The van der Waals surface area contributed by atoms with Crippen molar-refractivity contribution in [2.75, 3.05) is 88.0 Å². The minimum Gasteiger partial charge on any atom is -0.369 e. The molecule has 2 aliphatic heterocycles. The number of H-pyrrole nitrogens is 5. The molecule has 23 rings (SSSR count). The third-order valence-electron chi connectivity index (χ3n) is 22.1. The van der Waals surface area contributed by atoms with Crippen LogP contribution >= 0.6 is 61.3 Å². The number of pyridine rings is 1. The lowest BCUT2D eigenvalue weighted by Gasteiger charge is -2.44. The molecule has 16 heterocycles. The maximum Gasteiger partial charge on any atom is 0.231 e. The topological polar surface area (TPSA) is 328 Å². The van der Waals surface area contributed by atoms with Crippen LogP contribution in [0.2, 0.25) is 0 Å². The quantitative estimate of drug-likeness (QED) is 0.0380. The van der Waals surface area contributed by atoms with Crippen LogP contribution in [0.15, 0.2) is 215 Å². The molecule has 3 fully saturated rings. The Balaban J connectivity index is 0.000000103. The highest BCUT2D eigenvalue weighted by Crippen LogP contribution is 2.41. The number of nitrogens with zero attached hydrogens (tertiary/aromatic N) is 16. The van der Waals surface area contributed by atoms with Gasteiger partial charge in [-0.3, -0.25) is 20.4 Å². The molecule has 0 spiro atoms. The summed E-state index contributed by atoms with van der Waals surface area (Å²) in [7, 11) is 2.18. The van der Waals surface area contributed by atoms with E-state index >= 15 is 0 Å². The van der Waals surface area contributed by atoms with Crippen molar-refractivity contribution in [3.8, 4) is 0 Å². The van der Waals surface area contributed by atoms with Gasteiger partial charge in [0.15, 0.2) is 23.3 Å². The number of rotatable bonds is 18. The third kappa shape index (κ3) is 17.1. The number of thiophene rings is 4. The molecule has 0 amide bonds. The summed E-state index contributed by atoms with van der Waals surface area (Å²) in [5.74, 6) is 7.25. The number of halogens is 2. The normalized spacial score (nSPS) is 14.9. The third-order valence-corrected chi connectivity index (χ3v) is 26.2. The van der Waals surface area contributed by atoms with Gasteiger partial charge in [-0.05, 0) is 233 Å². The van der Waals surface area contributed by atoms with Crippen molar-refractivity contribution in [3.63, 3.8) is 0 Å². The second-order valence-corrected chi connectivity index (χ2v) is 34.7. The zero-order valence-electron chi connectivity index (χ0n) is 65.3. The van der Waals surface area contributed by atoms with Gasteiger partial charge in [0.05, 0.1) is 87.7 Å². The van der Waals surface area contributed by atoms with Gasteiger partial charge in [-0.25, -0.2) is 34.3 Å². The van der Waals surface area contributed by atoms with Crippen molar-refractivity contribution in [2.24, 2.45) is 5.92 Å². The Bertz CT molecular complexity index is 7040. The Morgan fingerprint density at radius 1 is 0.463 bits per heavy atom. The van der Waals surface area contributed by atoms with Crippen molar-refractivity contribution in [3.05, 3.63) is 238 Å². The van der Waals surface area contributed by atoms with E-state index in [1.54, 1.807) is 76.1 Å². The van der Waals surface area contributed by atoms with E-state index in [0.717, 1.165) is 202 Å². The average molecular weight is 1740 g/mol. The minimum absolute atomic E-state index is 0.234. The molecule has 2 unspecified atom stereocenters. The summed E-state index contributed by atoms with van der Waals surface area (Å²) < 4.78 is 18.7. The van der Waals surface area contributed by atoms with Crippen LogP contribution < -0.4 is 41.7 Å². The number of anilines is 13. The smallest absolute Gasteiger partial charge is 0.231 e. The number of nitrogens with one attached hydrogen (secondary N) is 11. The van der Waals surface area contributed by atoms with E-state index in [2.05, 4.69) is 207 Å². The van der Waals surface area contributed by atoms with Gasteiger partial charge in [0.2, 0.25) is 17.8 Å². The van der Waals surface area contributed by atoms with Crippen LogP contribution in [0, 0.1) is 11.7 Å². The van der Waals surface area contributed by atoms with E-state index in [1.165, 1.54) is 55.8 Å². The predicted molar refractivity (Wildman–Crippen MR) is 494 cm³/mol. The van der Waals surface area contributed by atoms with Gasteiger partial charge in [0.25, 0.3) is 0 Å². The predicted octanol–water partition coefficient (Wildman–Crippen LogP) is 20.9. The van der Waals surface area contributed by atoms with Crippen LogP contribution in [-0.4, -0.2) is 148 Å². The van der Waals surface area contributed by atoms with Gasteiger partial charge in [-0.1, -0.05) is 25.0 Å². The summed E-state index contributed by atoms with van der Waals surface area (Å²) >= 11 is 9.93. The van der Waals surface area contributed by atoms with Gasteiger partial charge in [-0.2, -0.15) is 35.3 Å². The molecule has 0 bridgehead atoms. The largest absolute Gasteiger partial charge is 0.369 e. The number of aromatic nitrogens is 18. The second-order valence-electron chi connectivity index (χ2n) is 30.1. The maximum absolute atomic E-state index is 13.6. The van der Waals surface area contributed by atoms with Crippen LogP contribution in [0.3, 0.4) is 0 Å². The maximum atomic E-state index is 13.6. The van der Waals surface area contributed by atoms with Crippen molar-refractivity contribution >= 4 is 232 Å². The molecule has 27 nitrogen and oxygen atoms in total. The first-order valence-electron chi connectivity index (χ1n) is 40.0. The molecule has 1 saturated carbocycles. The molecule has 2 atom stereocenters. The zero-order valence-corrected chi connectivity index (χ0v) is 70.2. The summed E-state index contributed by atoms with van der Waals surface area (Å²) in [6, 6.07) is 50.6. The first-order chi connectivity index (χ1) is 59.5. The molecule has 604 valence electrons. The van der Waals surface area contributed by atoms with Gasteiger partial charge in [0, 0.05) is 129 Å². The minimum atomic E-state index is -0.234. The number of likely N-dealkylation sites (N-methyl/N-ethyl adjacent to an activating group) is 1. The van der Waals surface area contributed by atoms with Gasteiger partial charge in [-0.15, -0.1) is 45.3 Å². The molecule has 6 aromatic carbocycles. The lowest BCUT2D eigenvalue weighted by molar-refractivity contribution is 0.241. The molecule has 33 heteroatoms. The van der Waals surface area contributed by atoms with Gasteiger partial charge >= 0.3 is 0 Å². The Labute approximate surface area is 715 Å². The fourth-order valence-electron chi connectivity index (χ4n) is 16.0. The monoisotopic (exact) mass is 1740 g/mol. The molecule has 2 saturated heterocycles. The lowest BCUT2D eigenvalue weighted by atomic mass is 9.78. The highest BCUT2D eigenvalue weighted by Gasteiger charge is 2.35. The highest BCUT2D eigenvalue weighted by molar-refractivity contribution is 9.10. The SMILES string of the molecule is Brc1ccc(Nc2nc(Nc3ccc4[nH]ncc4c3)c3sccc3n2)nc1.CN1CCN(c2ccc(Cc3nc(Nc4ccc5[nH]ncc5c4)c4sccc4n3)cc2)CC1.Fc1ccc2[nH]cc(CCNc3nc(Nc4ccc5[nH]ncc5c4)c4sccc4n3)c2c1.c1cc2nc(N3CCCC4CCCCC43)nc(Nc3ccc4[nH]ncc4c3)c2s1. The van der Waals surface area contributed by atoms with E-state index in [0.29, 0.717) is 43.1 Å². The number of hydrogen-bond acceptors (Lipinski definition) is 26. The van der Waals surface area contributed by atoms with Gasteiger partial charge < -0.3 is 51.6 Å². The Morgan fingerprint density at radius 3 is 1.53 bits per heavy atom. The molecule has 11 N–H and O–H groups in total. The molecular weight excluding hydrogens is 1660 g/mol. The Kier molecular flexibility index (Phi) is 21.7. The van der Waals surface area contributed by atoms with Crippen molar-refractivity contribution in [1.29, 1.82) is 0 Å². The molecule has 121 heavy (non-hydrogen) atoms. The number of piperazine rings is 1. The molecule has 0 radical (unpaired) electrons. The van der Waals surface area contributed by atoms with E-state index < -0.39 is 0 Å². The Hall–Kier alpha value is -13.2. The number of piperidine rings is 1. The van der Waals surface area contributed by atoms with E-state index in [1.807, 2.05) is 102 Å². The van der Waals surface area contributed by atoms with Gasteiger partial charge in [0.1, 0.15) is 17.5 Å². The number of aromatic amines is 5. The van der Waals surface area contributed by atoms with Crippen LogP contribution in [0.1, 0.15) is 55.5 Å². The number of fused-ring (bicyclic) bond motifs is 10. The van der Waals surface area contributed by atoms with E-state index in [-0.39, 0.29) is 5.82 Å². The number of hydrogen-bond donors (Lipinski definition) is 11. The average Bonchev–Trinajstić information content (AvgIpc) is 1.71. The van der Waals surface area contributed by atoms with Crippen LogP contribution in [0.4, 0.5) is 79.8 Å². The fraction of sp³-hybridized carbons (Fsp3) is 0.193. The molecular formula is C88H79BrFN27S4. The van der Waals surface area contributed by atoms with E-state index in [4.69, 9.17) is 24.9 Å². The summed E-state index contributed by atoms with van der Waals surface area (Å²) in [5, 5.41) is 61.9. The van der Waals surface area contributed by atoms with E-state index in [9.17, 15) is 4.39 Å². The summed E-state index contributed by atoms with van der Waals surface area (Å²) in [4.78, 5) is 53.2. The fourth-order valence-corrected chi connectivity index (χ4v) is 19.3. The first-order valence-corrected chi connectivity index (χ1v) is 44.3. The van der Waals surface area contributed by atoms with Crippen molar-refractivity contribution in [2.45, 2.75) is 57.4 Å². The Morgan fingerprint density at radius 2 is 0.967 bits per heavy atom. The number of benzene rings is 6. The van der Waals surface area contributed by atoms with Crippen LogP contribution in [0.5, 0.6) is 0 Å². The zero-order chi connectivity index (χ0) is 81.1. The standard InChI is InChI=1S/C25H25N7S.C23H18FN7S.C22H24N6S.C18H12BrN7S/c1-31-9-11-32(12-10-31)20-5-2-17(3-6-20)14-23-28-22-8-13-33-24(22)25(29-23)27-19-4-7-21-18(15-19)16-26-30-21;24-15-1-3-19-17(10-15)13(11-26-19)5-7-25-23-29-20-6-8-32-21(20)22(30-23)28-16-2-4-18-14(9-16)12-27-31-18;1-2-6-19-14(4-1)5-3-10-28(19)22-25-18-9-11-29-20(18)21(26-22)24-16-7-8-17-15(12-16)13-23-27-17;19-11-1-4-15(20-9-11)24-18-23-14-5-6-27-16(14)17(25-18)22-12-2-3-13-10(7-12)8-21-26-13/h2-8,13,15-16H,9-12,14H2,1H3,(H,26,30)(H,27,28,29);1-4,6,8-12,26H,5,7H2,(H,27,31)(H2,25,28,29,30);7-9,11-14,19H,1-6,10H2,(H,23,27)(H,24,25,26);1-9H,(H,21,26)(H2,20,22,23,24,25). The highest BCUT2D eigenvalue weighted by atomic mass is 79.9. The summed E-state index contributed by atoms with van der Waals surface area (Å²) in [6.45, 7) is 6.07. The second kappa shape index (κ2) is 34.3. The lowest BCUT2D eigenvalue weighted by Crippen LogP contribution is -2.47. The molecule has 1 aliphatic carbocycles. The first kappa shape index (κ1) is 76.5. The molecule has 14 aromatic heterocycles. The van der Waals surface area contributed by atoms with Crippen LogP contribution in [0.25, 0.3) is 95.4 Å². The van der Waals surface area contributed by atoms with Crippen molar-refractivity contribution < 1.29 is 4.39 Å². The molecule has 3 aliphatic rings. The summed E-state index contributed by atoms with van der Waals surface area (Å²) in [6.07, 6.45) is 20.3. The molecule has 20 aromatic rings.